The molecule has 0 radical (unpaired) electrons. The summed E-state index contributed by atoms with van der Waals surface area (Å²) < 4.78 is 40.2. The van der Waals surface area contributed by atoms with E-state index in [0.717, 1.165) is 61.5 Å². The molecule has 9 rings (SSSR count). The van der Waals surface area contributed by atoms with Gasteiger partial charge in [0.05, 0.1) is 0 Å². The van der Waals surface area contributed by atoms with Crippen molar-refractivity contribution in [1.82, 2.24) is 15.0 Å². The van der Waals surface area contributed by atoms with E-state index >= 15 is 0 Å². The summed E-state index contributed by atoms with van der Waals surface area (Å²) in [5.41, 5.74) is 12.5. The van der Waals surface area contributed by atoms with Gasteiger partial charge in [-0.25, -0.2) is 0 Å². The van der Waals surface area contributed by atoms with Gasteiger partial charge in [-0.05, 0) is 128 Å². The van der Waals surface area contributed by atoms with Crippen molar-refractivity contribution in [2.24, 2.45) is 0 Å². The molecule has 1 aliphatic carbocycles. The Labute approximate surface area is 432 Å². The van der Waals surface area contributed by atoms with Crippen molar-refractivity contribution in [2.45, 2.75) is 128 Å². The number of nitrogens with zero attached hydrogens (tertiary/aromatic N) is 3. The molecule has 0 unspecified atom stereocenters. The molecular formula is C65H66IrN3. The van der Waals surface area contributed by atoms with Crippen molar-refractivity contribution in [3.05, 3.63) is 221 Å². The number of hydrogen-bond acceptors (Lipinski definition) is 3. The minimum atomic E-state index is -2.53. The second-order valence-corrected chi connectivity index (χ2v) is 21.1. The van der Waals surface area contributed by atoms with Gasteiger partial charge >= 0.3 is 20.1 Å². The molecule has 0 spiro atoms. The summed E-state index contributed by atoms with van der Waals surface area (Å²) in [4.78, 5) is 14.6. The third kappa shape index (κ3) is 12.2. The van der Waals surface area contributed by atoms with Crippen LogP contribution in [0.1, 0.15) is 136 Å². The first kappa shape index (κ1) is 44.4. The third-order valence-electron chi connectivity index (χ3n) is 13.9. The Morgan fingerprint density at radius 3 is 1.55 bits per heavy atom. The largest absolute Gasteiger partial charge is 3.00 e. The first-order valence-corrected chi connectivity index (χ1v) is 24.4. The molecule has 3 heterocycles. The molecule has 0 saturated heterocycles. The van der Waals surface area contributed by atoms with Gasteiger partial charge in [-0.15, -0.1) is 107 Å². The minimum absolute atomic E-state index is 0. The molecule has 69 heavy (non-hydrogen) atoms. The summed E-state index contributed by atoms with van der Waals surface area (Å²) in [5.74, 6) is 0.514. The van der Waals surface area contributed by atoms with Crippen LogP contribution < -0.4 is 0 Å². The number of aryl methyl sites for hydroxylation is 2. The Morgan fingerprint density at radius 1 is 0.522 bits per heavy atom. The van der Waals surface area contributed by atoms with Gasteiger partial charge in [0, 0.05) is 24.1 Å². The van der Waals surface area contributed by atoms with E-state index in [4.69, 9.17) is 15.0 Å². The summed E-state index contributed by atoms with van der Waals surface area (Å²) in [5, 5.41) is 0. The van der Waals surface area contributed by atoms with E-state index in [1.165, 1.54) is 37.7 Å². The second-order valence-electron chi connectivity index (χ2n) is 21.1. The molecule has 350 valence electrons. The Bertz CT molecular complexity index is 2990. The van der Waals surface area contributed by atoms with Gasteiger partial charge in [-0.1, -0.05) is 141 Å². The zero-order valence-corrected chi connectivity index (χ0v) is 43.6. The van der Waals surface area contributed by atoms with Crippen molar-refractivity contribution >= 4 is 0 Å². The fourth-order valence-corrected chi connectivity index (χ4v) is 9.78. The molecule has 0 atom stereocenters. The van der Waals surface area contributed by atoms with Gasteiger partial charge in [-0.3, -0.25) is 0 Å². The van der Waals surface area contributed by atoms with Crippen LogP contribution in [-0.4, -0.2) is 15.0 Å². The van der Waals surface area contributed by atoms with Gasteiger partial charge in [0.1, 0.15) is 0 Å². The van der Waals surface area contributed by atoms with Crippen molar-refractivity contribution in [2.75, 3.05) is 0 Å². The van der Waals surface area contributed by atoms with Gasteiger partial charge in [0.15, 0.2) is 0 Å². The molecule has 0 amide bonds. The van der Waals surface area contributed by atoms with E-state index in [0.29, 0.717) is 30.0 Å². The van der Waals surface area contributed by atoms with E-state index in [9.17, 15) is 5.48 Å². The first-order chi connectivity index (χ1) is 34.3. The molecule has 3 nitrogen and oxygen atoms in total. The molecule has 1 fully saturated rings. The zero-order valence-electron chi connectivity index (χ0n) is 45.2. The van der Waals surface area contributed by atoms with Crippen LogP contribution in [0.4, 0.5) is 0 Å². The van der Waals surface area contributed by atoms with Crippen LogP contribution in [0.2, 0.25) is 0 Å². The van der Waals surface area contributed by atoms with Gasteiger partial charge < -0.3 is 15.0 Å². The Hall–Kier alpha value is -5.80. The Morgan fingerprint density at radius 2 is 1.06 bits per heavy atom. The average Bonchev–Trinajstić information content (AvgIpc) is 3.39. The fourth-order valence-electron chi connectivity index (χ4n) is 9.78. The van der Waals surface area contributed by atoms with E-state index in [2.05, 4.69) is 115 Å². The maximum absolute atomic E-state index is 10.1. The zero-order chi connectivity index (χ0) is 50.9. The van der Waals surface area contributed by atoms with Crippen molar-refractivity contribution in [3.63, 3.8) is 0 Å². The molecule has 5 aromatic carbocycles. The SMILES string of the molecule is [2H]C([2H])(c1cc(CC(C)(C)c2ccc(-c3[c-]cccc3)nc2)cc(CC(C)(C)c2ccc(-c3[c-]cccc3)nc2)c1)C([2H])([2H])c1cnc(-c2[c-]cc(C(C)(C)C)cc2)cc1-c1ccc(C2CCCCC2)cc1.[Ir+3]. The quantitative estimate of drug-likeness (QED) is 0.102. The van der Waals surface area contributed by atoms with Crippen LogP contribution >= 0.6 is 0 Å². The maximum Gasteiger partial charge on any atom is 3.00 e. The Kier molecular flexibility index (Phi) is 13.8. The number of rotatable bonds is 14. The molecule has 3 aromatic heterocycles. The average molecular weight is 1090 g/mol. The summed E-state index contributed by atoms with van der Waals surface area (Å²) >= 11 is 0. The molecule has 0 N–H and O–H groups in total. The second kappa shape index (κ2) is 21.5. The van der Waals surface area contributed by atoms with Crippen molar-refractivity contribution in [3.8, 4) is 44.9 Å². The monoisotopic (exact) mass is 1090 g/mol. The molecule has 1 aliphatic rings. The van der Waals surface area contributed by atoms with Crippen LogP contribution in [0.5, 0.6) is 0 Å². The van der Waals surface area contributed by atoms with Crippen LogP contribution in [0, 0.1) is 18.2 Å². The summed E-state index contributed by atoms with van der Waals surface area (Å²) in [6, 6.07) is 56.6. The standard InChI is InChI=1S/C65H66N3.Ir/c1-63(2,3)56-31-29-54(30-32-56)62-40-59(51-27-25-50(26-28-51)49-17-11-8-12-18-49)55(43-66-62)24-23-46-37-47(41-64(4,5)57-33-35-60(67-44-57)52-19-13-9-14-20-52)39-48(38-46)42-65(6,7)58-34-36-61(68-45-58)53-21-15-10-16-22-53;/h9-10,13-16,19,21,25-29,31-40,43-45,49H,8,11-12,17-18,23-24,41-42H2,1-7H3;/q-3;+3/i23D2,24D2;. The van der Waals surface area contributed by atoms with Crippen LogP contribution in [0.3, 0.4) is 0 Å². The third-order valence-corrected chi connectivity index (χ3v) is 13.9. The number of benzene rings is 5. The van der Waals surface area contributed by atoms with Crippen LogP contribution in [0.15, 0.2) is 158 Å². The Balaban J connectivity index is 0.00000711. The van der Waals surface area contributed by atoms with Crippen molar-refractivity contribution in [1.29, 1.82) is 0 Å². The molecular weight excluding hydrogens is 1010 g/mol. The van der Waals surface area contributed by atoms with Gasteiger partial charge in [0.25, 0.3) is 0 Å². The summed E-state index contributed by atoms with van der Waals surface area (Å²) in [6.45, 7) is 15.3. The molecule has 0 aliphatic heterocycles. The maximum atomic E-state index is 10.1. The van der Waals surface area contributed by atoms with E-state index in [1.54, 1.807) is 6.20 Å². The van der Waals surface area contributed by atoms with Crippen LogP contribution in [0.25, 0.3) is 44.9 Å². The topological polar surface area (TPSA) is 38.7 Å². The predicted molar refractivity (Wildman–Crippen MR) is 283 cm³/mol. The molecule has 1 saturated carbocycles. The van der Waals surface area contributed by atoms with E-state index < -0.39 is 23.6 Å². The van der Waals surface area contributed by atoms with Gasteiger partial charge in [0.2, 0.25) is 0 Å². The summed E-state index contributed by atoms with van der Waals surface area (Å²) in [7, 11) is 0. The van der Waals surface area contributed by atoms with E-state index in [1.807, 2.05) is 103 Å². The number of hydrogen-bond donors (Lipinski definition) is 0. The predicted octanol–water partition coefficient (Wildman–Crippen LogP) is 16.1. The number of aromatic nitrogens is 3. The fraction of sp³-hybridized carbons (Fsp3) is 0.308. The molecule has 4 heteroatoms. The van der Waals surface area contributed by atoms with Crippen LogP contribution in [-0.2, 0) is 61.9 Å². The number of pyridine rings is 3. The smallest absolute Gasteiger partial charge is 0.304 e. The summed E-state index contributed by atoms with van der Waals surface area (Å²) in [6.07, 6.45) is 7.63. The van der Waals surface area contributed by atoms with Gasteiger partial charge in [-0.2, -0.15) is 0 Å². The molecule has 0 bridgehead atoms. The normalized spacial score (nSPS) is 14.8. The van der Waals surface area contributed by atoms with Crippen molar-refractivity contribution < 1.29 is 25.6 Å². The molecule has 8 aromatic rings. The van der Waals surface area contributed by atoms with E-state index in [-0.39, 0.29) is 36.6 Å². The first-order valence-electron chi connectivity index (χ1n) is 26.4. The minimum Gasteiger partial charge on any atom is -0.304 e.